The van der Waals surface area contributed by atoms with E-state index in [0.29, 0.717) is 5.92 Å². The predicted octanol–water partition coefficient (Wildman–Crippen LogP) is 4.16. The molecule has 1 saturated heterocycles. The summed E-state index contributed by atoms with van der Waals surface area (Å²) in [7, 11) is 0. The Bertz CT molecular complexity index is 948. The second kappa shape index (κ2) is 7.05. The fourth-order valence-corrected chi connectivity index (χ4v) is 5.24. The molecule has 0 saturated carbocycles. The Balaban J connectivity index is 1.34. The maximum absolute atomic E-state index is 5.48. The van der Waals surface area contributed by atoms with Crippen molar-refractivity contribution in [2.75, 3.05) is 26.2 Å². The fourth-order valence-electron chi connectivity index (χ4n) is 5.24. The average molecular weight is 379 g/mol. The summed E-state index contributed by atoms with van der Waals surface area (Å²) < 4.78 is 5.48. The third-order valence-corrected chi connectivity index (χ3v) is 6.59. The first-order valence-corrected chi connectivity index (χ1v) is 10.6. The van der Waals surface area contributed by atoms with Crippen LogP contribution >= 0.6 is 0 Å². The Morgan fingerprint density at radius 2 is 2.04 bits per heavy atom. The number of furan rings is 1. The van der Waals surface area contributed by atoms with Crippen LogP contribution in [0.15, 0.2) is 41.3 Å². The van der Waals surface area contributed by atoms with Gasteiger partial charge in [-0.1, -0.05) is 19.9 Å². The topological polar surface area (TPSA) is 48.3 Å². The number of piperidine rings is 1. The smallest absolute Gasteiger partial charge is 0.133 e. The monoisotopic (exact) mass is 378 g/mol. The molecule has 0 unspecified atom stereocenters. The number of H-pyrrole nitrogens is 1. The van der Waals surface area contributed by atoms with Crippen LogP contribution in [0.2, 0.25) is 0 Å². The number of aromatic nitrogens is 2. The molecule has 1 N–H and O–H groups in total. The van der Waals surface area contributed by atoms with E-state index in [0.717, 1.165) is 57.6 Å². The summed E-state index contributed by atoms with van der Waals surface area (Å²) in [6.45, 7) is 10.2. The zero-order valence-corrected chi connectivity index (χ0v) is 16.9. The molecule has 148 valence electrons. The molecule has 1 aromatic carbocycles. The zero-order valence-electron chi connectivity index (χ0n) is 16.9. The van der Waals surface area contributed by atoms with Gasteiger partial charge in [0, 0.05) is 50.2 Å². The van der Waals surface area contributed by atoms with Gasteiger partial charge in [-0.25, -0.2) is 4.98 Å². The number of hydrogen-bond acceptors (Lipinski definition) is 4. The van der Waals surface area contributed by atoms with Gasteiger partial charge in [-0.15, -0.1) is 0 Å². The van der Waals surface area contributed by atoms with E-state index in [2.05, 4.69) is 52.9 Å². The highest BCUT2D eigenvalue weighted by Gasteiger charge is 2.46. The molecule has 2 aliphatic rings. The van der Waals surface area contributed by atoms with E-state index in [-0.39, 0.29) is 5.54 Å². The minimum Gasteiger partial charge on any atom is -0.464 e. The number of rotatable bonds is 4. The van der Waals surface area contributed by atoms with Crippen LogP contribution in [0.5, 0.6) is 0 Å². The molecule has 1 spiro atoms. The van der Waals surface area contributed by atoms with Crippen molar-refractivity contribution in [3.05, 3.63) is 53.8 Å². The number of fused-ring (bicyclic) bond motifs is 3. The van der Waals surface area contributed by atoms with Crippen molar-refractivity contribution < 1.29 is 4.42 Å². The fraction of sp³-hybridized carbons (Fsp3) is 0.522. The number of benzene rings is 1. The zero-order chi connectivity index (χ0) is 19.1. The van der Waals surface area contributed by atoms with Gasteiger partial charge in [-0.3, -0.25) is 9.80 Å². The molecule has 2 aliphatic heterocycles. The van der Waals surface area contributed by atoms with E-state index < -0.39 is 0 Å². The summed E-state index contributed by atoms with van der Waals surface area (Å²) in [5.74, 6) is 0.678. The summed E-state index contributed by atoms with van der Waals surface area (Å²) in [6, 6.07) is 8.61. The molecule has 5 heteroatoms. The molecular weight excluding hydrogens is 348 g/mol. The van der Waals surface area contributed by atoms with E-state index in [1.807, 2.05) is 6.33 Å². The van der Waals surface area contributed by atoms with E-state index >= 15 is 0 Å². The molecule has 5 rings (SSSR count). The minimum absolute atomic E-state index is 0.114. The summed E-state index contributed by atoms with van der Waals surface area (Å²) in [5.41, 5.74) is 5.13. The molecule has 0 bridgehead atoms. The molecule has 1 fully saturated rings. The highest BCUT2D eigenvalue weighted by Crippen LogP contribution is 2.42. The van der Waals surface area contributed by atoms with Crippen molar-refractivity contribution in [3.8, 4) is 0 Å². The van der Waals surface area contributed by atoms with E-state index in [1.54, 1.807) is 6.26 Å². The van der Waals surface area contributed by atoms with Gasteiger partial charge < -0.3 is 9.40 Å². The Morgan fingerprint density at radius 1 is 1.18 bits per heavy atom. The van der Waals surface area contributed by atoms with E-state index in [4.69, 9.17) is 9.40 Å². The van der Waals surface area contributed by atoms with Gasteiger partial charge in [0.05, 0.1) is 23.8 Å². The Morgan fingerprint density at radius 3 is 2.86 bits per heavy atom. The highest BCUT2D eigenvalue weighted by atomic mass is 16.3. The number of likely N-dealkylation sites (tertiary alicyclic amines) is 1. The number of aromatic amines is 1. The summed E-state index contributed by atoms with van der Waals surface area (Å²) in [5, 5.41) is 1.20. The molecule has 5 nitrogen and oxygen atoms in total. The van der Waals surface area contributed by atoms with Gasteiger partial charge in [-0.2, -0.15) is 0 Å². The SMILES string of the molecule is CC(C)CN1CCc2[nH]cnc2C12CCN(Cc1ccc3occc3c1)CC2. The lowest BCUT2D eigenvalue weighted by atomic mass is 9.78. The highest BCUT2D eigenvalue weighted by molar-refractivity contribution is 5.77. The lowest BCUT2D eigenvalue weighted by Crippen LogP contribution is -2.57. The lowest BCUT2D eigenvalue weighted by molar-refractivity contribution is -0.00354. The van der Waals surface area contributed by atoms with Crippen LogP contribution in [0.25, 0.3) is 11.0 Å². The minimum atomic E-state index is 0.114. The molecule has 0 aliphatic carbocycles. The number of nitrogens with zero attached hydrogens (tertiary/aromatic N) is 3. The normalized spacial score (nSPS) is 20.2. The van der Waals surface area contributed by atoms with E-state index in [9.17, 15) is 0 Å². The van der Waals surface area contributed by atoms with Crippen LogP contribution < -0.4 is 0 Å². The molecule has 28 heavy (non-hydrogen) atoms. The van der Waals surface area contributed by atoms with Crippen LogP contribution in [0, 0.1) is 5.92 Å². The standard InChI is InChI=1S/C23H30N4O/c1-17(2)14-27-9-5-20-22(25-16-24-20)23(27)7-10-26(11-8-23)15-18-3-4-21-19(13-18)6-12-28-21/h3-4,6,12-13,16-17H,5,7-11,14-15H2,1-2H3,(H,24,25). The Labute approximate surface area is 166 Å². The molecular formula is C23H30N4O. The van der Waals surface area contributed by atoms with Crippen LogP contribution in [-0.2, 0) is 18.5 Å². The number of nitrogens with one attached hydrogen (secondary N) is 1. The first-order chi connectivity index (χ1) is 13.6. The molecule has 4 heterocycles. The van der Waals surface area contributed by atoms with Crippen molar-refractivity contribution in [2.24, 2.45) is 5.92 Å². The van der Waals surface area contributed by atoms with Gasteiger partial charge in [0.2, 0.25) is 0 Å². The summed E-state index contributed by atoms with van der Waals surface area (Å²) in [6.07, 6.45) is 7.08. The molecule has 0 amide bonds. The maximum Gasteiger partial charge on any atom is 0.133 e. The first kappa shape index (κ1) is 18.0. The largest absolute Gasteiger partial charge is 0.464 e. The van der Waals surface area contributed by atoms with Crippen molar-refractivity contribution in [3.63, 3.8) is 0 Å². The maximum atomic E-state index is 5.48. The van der Waals surface area contributed by atoms with Gasteiger partial charge in [-0.05, 0) is 42.5 Å². The van der Waals surface area contributed by atoms with Crippen molar-refractivity contribution in [2.45, 2.75) is 45.2 Å². The predicted molar refractivity (Wildman–Crippen MR) is 111 cm³/mol. The second-order valence-electron chi connectivity index (χ2n) is 8.92. The molecule has 2 aromatic heterocycles. The molecule has 0 atom stereocenters. The van der Waals surface area contributed by atoms with Crippen LogP contribution in [-0.4, -0.2) is 45.9 Å². The summed E-state index contributed by atoms with van der Waals surface area (Å²) in [4.78, 5) is 13.5. The van der Waals surface area contributed by atoms with Crippen LogP contribution in [0.3, 0.4) is 0 Å². The Hall–Kier alpha value is -2.11. The quantitative estimate of drug-likeness (QED) is 0.740. The van der Waals surface area contributed by atoms with Crippen LogP contribution in [0.1, 0.15) is 43.6 Å². The number of imidazole rings is 1. The Kier molecular flexibility index (Phi) is 4.52. The van der Waals surface area contributed by atoms with Gasteiger partial charge in [0.1, 0.15) is 5.58 Å². The van der Waals surface area contributed by atoms with Crippen LogP contribution in [0.4, 0.5) is 0 Å². The summed E-state index contributed by atoms with van der Waals surface area (Å²) >= 11 is 0. The third kappa shape index (κ3) is 3.07. The molecule has 0 radical (unpaired) electrons. The average Bonchev–Trinajstić information content (AvgIpc) is 3.35. The van der Waals surface area contributed by atoms with E-state index in [1.165, 1.54) is 22.3 Å². The van der Waals surface area contributed by atoms with Gasteiger partial charge in [0.25, 0.3) is 0 Å². The second-order valence-corrected chi connectivity index (χ2v) is 8.92. The third-order valence-electron chi connectivity index (χ3n) is 6.59. The van der Waals surface area contributed by atoms with Crippen molar-refractivity contribution in [1.29, 1.82) is 0 Å². The van der Waals surface area contributed by atoms with Crippen molar-refractivity contribution >= 4 is 11.0 Å². The molecule has 3 aromatic rings. The van der Waals surface area contributed by atoms with Crippen molar-refractivity contribution in [1.82, 2.24) is 19.8 Å². The van der Waals surface area contributed by atoms with Gasteiger partial charge in [0.15, 0.2) is 0 Å². The number of hydrogen-bond donors (Lipinski definition) is 1. The lowest BCUT2D eigenvalue weighted by Gasteiger charge is -2.51. The first-order valence-electron chi connectivity index (χ1n) is 10.6. The van der Waals surface area contributed by atoms with Gasteiger partial charge >= 0.3 is 0 Å².